The minimum atomic E-state index is -0.961. The molecule has 5 rings (SSSR count). The maximum atomic E-state index is 14.7. The van der Waals surface area contributed by atoms with Gasteiger partial charge in [0.25, 0.3) is 0 Å². The highest BCUT2D eigenvalue weighted by molar-refractivity contribution is 5.95. The third kappa shape index (κ3) is 20.2. The van der Waals surface area contributed by atoms with Gasteiger partial charge in [0.05, 0.1) is 6.54 Å². The highest BCUT2D eigenvalue weighted by atomic mass is 16.3. The van der Waals surface area contributed by atoms with Crippen molar-refractivity contribution in [1.82, 2.24) is 47.0 Å². The average molecular weight is 982 g/mol. The van der Waals surface area contributed by atoms with Gasteiger partial charge in [0.1, 0.15) is 17.8 Å². The fourth-order valence-corrected chi connectivity index (χ4v) is 8.35. The van der Waals surface area contributed by atoms with Gasteiger partial charge in [-0.15, -0.1) is 0 Å². The second kappa shape index (κ2) is 30.1. The number of benzene rings is 3. The number of aliphatic imine (C=N–C) groups is 1. The number of urea groups is 1. The van der Waals surface area contributed by atoms with E-state index in [1.807, 2.05) is 36.4 Å². The summed E-state index contributed by atoms with van der Waals surface area (Å²) in [5.41, 5.74) is 16.5. The first kappa shape index (κ1) is 55.2. The van der Waals surface area contributed by atoms with Gasteiger partial charge >= 0.3 is 6.03 Å². The van der Waals surface area contributed by atoms with Crippen LogP contribution in [0.15, 0.2) is 77.8 Å². The third-order valence-corrected chi connectivity index (χ3v) is 12.4. The Balaban J connectivity index is 1.13. The van der Waals surface area contributed by atoms with E-state index in [1.54, 1.807) is 19.1 Å². The minimum absolute atomic E-state index is 0.00633. The predicted octanol–water partition coefficient (Wildman–Crippen LogP) is 2.19. The molecule has 20 heteroatoms. The molecule has 13 N–H and O–H groups in total. The van der Waals surface area contributed by atoms with Crippen LogP contribution in [0.25, 0.3) is 0 Å². The molecule has 1 fully saturated rings. The molecule has 386 valence electrons. The molecule has 1 saturated heterocycles. The van der Waals surface area contributed by atoms with E-state index in [-0.39, 0.29) is 74.0 Å². The molecule has 3 aromatic carbocycles. The lowest BCUT2D eigenvalue weighted by Crippen LogP contribution is -2.50. The van der Waals surface area contributed by atoms with Crippen LogP contribution in [-0.2, 0) is 43.6 Å². The number of unbranched alkanes of at least 4 members (excludes halogenated alkanes) is 2. The number of carbonyl (C=O) groups is 6. The summed E-state index contributed by atoms with van der Waals surface area (Å²) in [5.74, 6) is -0.891. The number of nitrogens with two attached hydrogens (primary N) is 2. The normalized spacial score (nSPS) is 14.9. The molecule has 0 bridgehead atoms. The van der Waals surface area contributed by atoms with Gasteiger partial charge in [-0.3, -0.25) is 44.1 Å². The molecule has 0 spiro atoms. The van der Waals surface area contributed by atoms with E-state index in [9.17, 15) is 33.9 Å². The topological polar surface area (TPSA) is 290 Å². The molecule has 2 aliphatic rings. The summed E-state index contributed by atoms with van der Waals surface area (Å²) in [4.78, 5) is 85.6. The smallest absolute Gasteiger partial charge is 0.321 e. The number of rotatable bonds is 28. The van der Waals surface area contributed by atoms with E-state index in [2.05, 4.69) is 69.5 Å². The number of fused-ring (bicyclic) bond motifs is 1. The van der Waals surface area contributed by atoms with Crippen LogP contribution in [0.3, 0.4) is 0 Å². The largest absolute Gasteiger partial charge is 0.508 e. The molecule has 71 heavy (non-hydrogen) atoms. The van der Waals surface area contributed by atoms with E-state index in [0.717, 1.165) is 73.1 Å². The van der Waals surface area contributed by atoms with Crippen LogP contribution in [0.4, 0.5) is 10.5 Å². The molecule has 2 heterocycles. The molecule has 0 aliphatic carbocycles. The Kier molecular flexibility index (Phi) is 23.4. The zero-order valence-electron chi connectivity index (χ0n) is 41.1. The van der Waals surface area contributed by atoms with Gasteiger partial charge in [0, 0.05) is 96.6 Å². The van der Waals surface area contributed by atoms with E-state index in [1.165, 1.54) is 12.1 Å². The van der Waals surface area contributed by atoms with Crippen molar-refractivity contribution in [3.8, 4) is 5.75 Å². The maximum Gasteiger partial charge on any atom is 0.321 e. The van der Waals surface area contributed by atoms with Crippen LogP contribution < -0.4 is 54.0 Å². The van der Waals surface area contributed by atoms with Crippen molar-refractivity contribution < 1.29 is 33.9 Å². The number of carbonyl (C=O) groups excluding carboxylic acids is 6. The van der Waals surface area contributed by atoms with Crippen molar-refractivity contribution in [3.05, 3.63) is 95.1 Å². The van der Waals surface area contributed by atoms with Crippen molar-refractivity contribution in [2.75, 3.05) is 64.2 Å². The Hall–Kier alpha value is -6.77. The molecular weight excluding hydrogens is 907 g/mol. The van der Waals surface area contributed by atoms with E-state index in [0.29, 0.717) is 65.0 Å². The van der Waals surface area contributed by atoms with Gasteiger partial charge in [-0.1, -0.05) is 61.9 Å². The summed E-state index contributed by atoms with van der Waals surface area (Å²) in [6, 6.07) is 20.1. The third-order valence-electron chi connectivity index (χ3n) is 12.4. The lowest BCUT2D eigenvalue weighted by Gasteiger charge is -2.29. The Morgan fingerprint density at radius 3 is 2.15 bits per heavy atom. The molecule has 7 amide bonds. The first-order chi connectivity index (χ1) is 34.4. The number of phenols is 1. The maximum absolute atomic E-state index is 14.7. The van der Waals surface area contributed by atoms with Crippen molar-refractivity contribution >= 4 is 47.2 Å². The monoisotopic (exact) mass is 982 g/mol. The number of guanidine groups is 1. The number of anilines is 1. The fraction of sp³-hybridized carbons (Fsp3) is 0.510. The number of nitrogens with zero attached hydrogens (tertiary/aromatic N) is 3. The molecule has 2 atom stereocenters. The zero-order valence-corrected chi connectivity index (χ0v) is 41.1. The van der Waals surface area contributed by atoms with Crippen molar-refractivity contribution in [2.24, 2.45) is 16.5 Å². The van der Waals surface area contributed by atoms with Crippen molar-refractivity contribution in [1.29, 1.82) is 0 Å². The highest BCUT2D eigenvalue weighted by Crippen LogP contribution is 2.33. The molecular formula is C51H75N13O7. The average Bonchev–Trinajstić information content (AvgIpc) is 3.79. The number of phenolic OH excluding ortho intramolecular Hbond substituents is 1. The number of hydrogen-bond donors (Lipinski definition) is 11. The van der Waals surface area contributed by atoms with Crippen LogP contribution in [-0.4, -0.2) is 127 Å². The van der Waals surface area contributed by atoms with Gasteiger partial charge in [0.2, 0.25) is 29.5 Å². The Bertz CT molecular complexity index is 2190. The zero-order chi connectivity index (χ0) is 50.8. The van der Waals surface area contributed by atoms with E-state index < -0.39 is 24.0 Å². The molecule has 3 aromatic rings. The van der Waals surface area contributed by atoms with Gasteiger partial charge in [0.15, 0.2) is 5.96 Å². The lowest BCUT2D eigenvalue weighted by atomic mass is 10.0. The summed E-state index contributed by atoms with van der Waals surface area (Å²) in [6.07, 6.45) is 6.22. The summed E-state index contributed by atoms with van der Waals surface area (Å²) in [6.45, 7) is 7.34. The molecule has 2 aliphatic heterocycles. The number of amides is 7. The highest BCUT2D eigenvalue weighted by Gasteiger charge is 2.34. The van der Waals surface area contributed by atoms with Crippen LogP contribution in [0, 0.1) is 0 Å². The van der Waals surface area contributed by atoms with Crippen LogP contribution in [0.5, 0.6) is 5.75 Å². The quantitative estimate of drug-likeness (QED) is 0.0284. The molecule has 0 saturated carbocycles. The summed E-state index contributed by atoms with van der Waals surface area (Å²) >= 11 is 0. The SMILES string of the molecule is CCC(=O)NCCNC(=O)NC(N)=NCCC[C@@H](NC(=O)[C@H](c1cccc(NCCCNC(=O)CCCCCNC(=O)CN2CCC(N)CC2)c1)N1Cc2ccccc2C1)C(=O)NCc1ccc(O)cc1. The lowest BCUT2D eigenvalue weighted by molar-refractivity contribution is -0.132. The van der Waals surface area contributed by atoms with Gasteiger partial charge < -0.3 is 53.8 Å². The Labute approximate surface area is 417 Å². The second-order valence-electron chi connectivity index (χ2n) is 18.0. The first-order valence-corrected chi connectivity index (χ1v) is 25.0. The number of nitrogens with one attached hydrogen (secondary N) is 8. The van der Waals surface area contributed by atoms with Crippen molar-refractivity contribution in [3.63, 3.8) is 0 Å². The molecule has 0 unspecified atom stereocenters. The van der Waals surface area contributed by atoms with E-state index >= 15 is 0 Å². The number of hydrogen-bond acceptors (Lipinski definition) is 12. The van der Waals surface area contributed by atoms with Crippen LogP contribution in [0.2, 0.25) is 0 Å². The molecule has 0 aromatic heterocycles. The summed E-state index contributed by atoms with van der Waals surface area (Å²) < 4.78 is 0. The first-order valence-electron chi connectivity index (χ1n) is 25.0. The van der Waals surface area contributed by atoms with Gasteiger partial charge in [-0.2, -0.15) is 0 Å². The van der Waals surface area contributed by atoms with Crippen molar-refractivity contribution in [2.45, 2.75) is 109 Å². The van der Waals surface area contributed by atoms with Crippen LogP contribution >= 0.6 is 0 Å². The van der Waals surface area contributed by atoms with Gasteiger partial charge in [-0.05, 0) is 91.5 Å². The molecule has 20 nitrogen and oxygen atoms in total. The summed E-state index contributed by atoms with van der Waals surface area (Å²) in [7, 11) is 0. The molecule has 0 radical (unpaired) electrons. The Morgan fingerprint density at radius 2 is 1.42 bits per heavy atom. The van der Waals surface area contributed by atoms with Crippen LogP contribution in [0.1, 0.15) is 99.4 Å². The second-order valence-corrected chi connectivity index (χ2v) is 18.0. The number of piperidine rings is 1. The number of likely N-dealkylation sites (tertiary alicyclic amines) is 1. The predicted molar refractivity (Wildman–Crippen MR) is 274 cm³/mol. The summed E-state index contributed by atoms with van der Waals surface area (Å²) in [5, 5.41) is 32.9. The van der Waals surface area contributed by atoms with Gasteiger partial charge in [-0.25, -0.2) is 4.79 Å². The fourth-order valence-electron chi connectivity index (χ4n) is 8.35. The van der Waals surface area contributed by atoms with E-state index in [4.69, 9.17) is 11.5 Å². The number of aromatic hydroxyl groups is 1. The Morgan fingerprint density at radius 1 is 0.732 bits per heavy atom. The standard InChI is InChI=1S/C51H75N13O7/c1-2-44(66)57-27-28-59-51(71)62-50(53)58-24-9-15-43(48(69)60-32-36-17-19-42(65)20-18-36)61-49(70)47(64-33-38-11-5-6-12-39(38)34-64)37-13-8-14-41(31-37)54-25-10-26-55-45(67)16-4-3-7-23-56-46(68)35-63-29-21-40(52)22-30-63/h5-6,8,11-14,17-20,31,40,43,47,54,65H,2-4,7,9-10,15-16,21-30,32-35,52H2,1H3,(H,55,67)(H,56,68)(H,57,66)(H,60,69)(H,61,70)(H4,53,58,59,62,71)/t43-,47+/m1/s1. The minimum Gasteiger partial charge on any atom is -0.508 e.